The van der Waals surface area contributed by atoms with E-state index in [0.29, 0.717) is 22.0 Å². The van der Waals surface area contributed by atoms with Gasteiger partial charge in [0.1, 0.15) is 11.8 Å². The Kier molecular flexibility index (Phi) is 4.12. The molecule has 0 bridgehead atoms. The van der Waals surface area contributed by atoms with Gasteiger partial charge in [-0.3, -0.25) is 19.3 Å². The van der Waals surface area contributed by atoms with Crippen LogP contribution in [0.4, 0.5) is 5.13 Å². The molecule has 1 N–H and O–H groups in total. The van der Waals surface area contributed by atoms with Gasteiger partial charge in [0, 0.05) is 0 Å². The summed E-state index contributed by atoms with van der Waals surface area (Å²) in [6, 6.07) is 11.0. The zero-order valence-corrected chi connectivity index (χ0v) is 15.4. The molecule has 0 fully saturated rings. The molecule has 3 aromatic rings. The number of aromatic nitrogens is 1. The van der Waals surface area contributed by atoms with Gasteiger partial charge < -0.3 is 10.1 Å². The second-order valence-corrected chi connectivity index (χ2v) is 7.07. The van der Waals surface area contributed by atoms with E-state index in [1.54, 1.807) is 43.5 Å². The lowest BCUT2D eigenvalue weighted by atomic mass is 10.1. The van der Waals surface area contributed by atoms with Crippen LogP contribution in [-0.4, -0.2) is 40.8 Å². The summed E-state index contributed by atoms with van der Waals surface area (Å²) in [6.07, 6.45) is 0. The van der Waals surface area contributed by atoms with Crippen molar-refractivity contribution >= 4 is 44.4 Å². The van der Waals surface area contributed by atoms with Gasteiger partial charge >= 0.3 is 0 Å². The maximum Gasteiger partial charge on any atom is 0.262 e. The lowest BCUT2D eigenvalue weighted by Crippen LogP contribution is -2.45. The van der Waals surface area contributed by atoms with Gasteiger partial charge in [0.2, 0.25) is 5.91 Å². The molecule has 0 aliphatic carbocycles. The maximum absolute atomic E-state index is 12.6. The standard InChI is InChI=1S/C19H15N3O4S/c1-10(22-17(24)12-5-3-4-6-13(12)18(22)25)16(23)21-19-20-14-8-7-11(26-2)9-15(14)27-19/h3-10H,1-2H3,(H,20,21,23)/t10-/m1/s1. The molecule has 1 aliphatic heterocycles. The summed E-state index contributed by atoms with van der Waals surface area (Å²) in [5.41, 5.74) is 1.35. The highest BCUT2D eigenvalue weighted by Crippen LogP contribution is 2.30. The summed E-state index contributed by atoms with van der Waals surface area (Å²) in [4.78, 5) is 43.0. The molecule has 2 heterocycles. The van der Waals surface area contributed by atoms with E-state index in [4.69, 9.17) is 4.74 Å². The number of hydrogen-bond donors (Lipinski definition) is 1. The second kappa shape index (κ2) is 6.48. The first-order chi connectivity index (χ1) is 13.0. The van der Waals surface area contributed by atoms with Crippen LogP contribution < -0.4 is 10.1 Å². The molecule has 136 valence electrons. The lowest BCUT2D eigenvalue weighted by Gasteiger charge is -2.21. The smallest absolute Gasteiger partial charge is 0.262 e. The van der Waals surface area contributed by atoms with E-state index in [9.17, 15) is 14.4 Å². The average molecular weight is 381 g/mol. The minimum absolute atomic E-state index is 0.314. The molecule has 3 amide bonds. The first-order valence-corrected chi connectivity index (χ1v) is 9.03. The number of thiazole rings is 1. The molecule has 1 aromatic heterocycles. The molecule has 4 rings (SSSR count). The van der Waals surface area contributed by atoms with Crippen molar-refractivity contribution < 1.29 is 19.1 Å². The topological polar surface area (TPSA) is 88.6 Å². The number of methoxy groups -OCH3 is 1. The van der Waals surface area contributed by atoms with Crippen LogP contribution in [0.25, 0.3) is 10.2 Å². The Bertz CT molecular complexity index is 1060. The van der Waals surface area contributed by atoms with E-state index in [2.05, 4.69) is 10.3 Å². The van der Waals surface area contributed by atoms with Crippen LogP contribution in [0.2, 0.25) is 0 Å². The molecule has 27 heavy (non-hydrogen) atoms. The van der Waals surface area contributed by atoms with Gasteiger partial charge in [-0.25, -0.2) is 4.98 Å². The van der Waals surface area contributed by atoms with Crippen molar-refractivity contribution in [2.24, 2.45) is 0 Å². The quantitative estimate of drug-likeness (QED) is 0.702. The van der Waals surface area contributed by atoms with Crippen molar-refractivity contribution in [3.8, 4) is 5.75 Å². The summed E-state index contributed by atoms with van der Waals surface area (Å²) in [5, 5.41) is 3.09. The minimum Gasteiger partial charge on any atom is -0.497 e. The predicted molar refractivity (Wildman–Crippen MR) is 101 cm³/mol. The number of carbonyl (C=O) groups excluding carboxylic acids is 3. The molecular formula is C19H15N3O4S. The Morgan fingerprint density at radius 2 is 1.81 bits per heavy atom. The van der Waals surface area contributed by atoms with E-state index in [1.807, 2.05) is 6.07 Å². The fraction of sp³-hybridized carbons (Fsp3) is 0.158. The van der Waals surface area contributed by atoms with E-state index >= 15 is 0 Å². The van der Waals surface area contributed by atoms with Crippen molar-refractivity contribution in [2.45, 2.75) is 13.0 Å². The van der Waals surface area contributed by atoms with Crippen LogP contribution in [0.15, 0.2) is 42.5 Å². The normalized spacial score (nSPS) is 14.4. The number of benzene rings is 2. The highest BCUT2D eigenvalue weighted by atomic mass is 32.1. The first kappa shape index (κ1) is 17.2. The molecule has 1 atom stereocenters. The van der Waals surface area contributed by atoms with Crippen molar-refractivity contribution in [1.82, 2.24) is 9.88 Å². The van der Waals surface area contributed by atoms with Crippen LogP contribution in [0.1, 0.15) is 27.6 Å². The van der Waals surface area contributed by atoms with Gasteiger partial charge in [-0.1, -0.05) is 23.5 Å². The van der Waals surface area contributed by atoms with E-state index < -0.39 is 23.8 Å². The fourth-order valence-corrected chi connectivity index (χ4v) is 3.87. The molecule has 0 unspecified atom stereocenters. The minimum atomic E-state index is -0.959. The third-order valence-electron chi connectivity index (χ3n) is 4.42. The van der Waals surface area contributed by atoms with E-state index in [1.165, 1.54) is 18.3 Å². The summed E-state index contributed by atoms with van der Waals surface area (Å²) < 4.78 is 6.04. The molecule has 0 radical (unpaired) electrons. The number of hydrogen-bond acceptors (Lipinski definition) is 6. The van der Waals surface area contributed by atoms with Gasteiger partial charge in [0.15, 0.2) is 5.13 Å². The molecule has 7 nitrogen and oxygen atoms in total. The summed E-state index contributed by atoms with van der Waals surface area (Å²) in [7, 11) is 1.58. The molecule has 1 aliphatic rings. The number of nitrogens with zero attached hydrogens (tertiary/aromatic N) is 2. The third-order valence-corrected chi connectivity index (χ3v) is 5.35. The molecule has 8 heteroatoms. The van der Waals surface area contributed by atoms with Crippen molar-refractivity contribution in [1.29, 1.82) is 0 Å². The Morgan fingerprint density at radius 3 is 2.44 bits per heavy atom. The van der Waals surface area contributed by atoms with Gasteiger partial charge in [0.05, 0.1) is 28.5 Å². The van der Waals surface area contributed by atoms with Crippen LogP contribution >= 0.6 is 11.3 Å². The number of carbonyl (C=O) groups is 3. The third kappa shape index (κ3) is 2.83. The Balaban J connectivity index is 1.55. The molecular weight excluding hydrogens is 366 g/mol. The highest BCUT2D eigenvalue weighted by molar-refractivity contribution is 7.22. The number of ether oxygens (including phenoxy) is 1. The van der Waals surface area contributed by atoms with Crippen LogP contribution in [0, 0.1) is 0 Å². The maximum atomic E-state index is 12.6. The highest BCUT2D eigenvalue weighted by Gasteiger charge is 2.40. The number of nitrogens with one attached hydrogen (secondary N) is 1. The molecule has 0 saturated heterocycles. The zero-order valence-electron chi connectivity index (χ0n) is 14.6. The van der Waals surface area contributed by atoms with E-state index in [-0.39, 0.29) is 0 Å². The average Bonchev–Trinajstić information content (AvgIpc) is 3.19. The van der Waals surface area contributed by atoms with Gasteiger partial charge in [0.25, 0.3) is 11.8 Å². The fourth-order valence-electron chi connectivity index (χ4n) is 2.97. The summed E-state index contributed by atoms with van der Waals surface area (Å²) >= 11 is 1.29. The van der Waals surface area contributed by atoms with Gasteiger partial charge in [-0.05, 0) is 37.3 Å². The number of rotatable bonds is 4. The number of anilines is 1. The molecule has 0 spiro atoms. The molecule has 2 aromatic carbocycles. The van der Waals surface area contributed by atoms with Gasteiger partial charge in [-0.2, -0.15) is 0 Å². The summed E-state index contributed by atoms with van der Waals surface area (Å²) in [6.45, 7) is 1.52. The number of amides is 3. The van der Waals surface area contributed by atoms with Crippen molar-refractivity contribution in [2.75, 3.05) is 12.4 Å². The SMILES string of the molecule is COc1ccc2nc(NC(=O)[C@@H](C)N3C(=O)c4ccccc4C3=O)sc2c1. The predicted octanol–water partition coefficient (Wildman–Crippen LogP) is 2.93. The Labute approximate surface area is 158 Å². The first-order valence-electron chi connectivity index (χ1n) is 8.22. The number of imide groups is 1. The molecule has 0 saturated carbocycles. The van der Waals surface area contributed by atoms with Crippen LogP contribution in [0.5, 0.6) is 5.75 Å². The monoisotopic (exact) mass is 381 g/mol. The lowest BCUT2D eigenvalue weighted by molar-refractivity contribution is -0.119. The van der Waals surface area contributed by atoms with Gasteiger partial charge in [-0.15, -0.1) is 0 Å². The van der Waals surface area contributed by atoms with Crippen molar-refractivity contribution in [3.63, 3.8) is 0 Å². The number of fused-ring (bicyclic) bond motifs is 2. The second-order valence-electron chi connectivity index (χ2n) is 6.04. The largest absolute Gasteiger partial charge is 0.497 e. The Morgan fingerprint density at radius 1 is 1.15 bits per heavy atom. The Hall–Kier alpha value is -3.26. The van der Waals surface area contributed by atoms with Crippen LogP contribution in [-0.2, 0) is 4.79 Å². The zero-order chi connectivity index (χ0) is 19.1. The van der Waals surface area contributed by atoms with Crippen molar-refractivity contribution in [3.05, 3.63) is 53.6 Å². The summed E-state index contributed by atoms with van der Waals surface area (Å²) in [5.74, 6) is -0.710. The van der Waals surface area contributed by atoms with Crippen LogP contribution in [0.3, 0.4) is 0 Å². The van der Waals surface area contributed by atoms with E-state index in [0.717, 1.165) is 15.1 Å².